The van der Waals surface area contributed by atoms with E-state index in [1.165, 1.54) is 0 Å². The maximum Gasteiger partial charge on any atom is 0.389 e. The summed E-state index contributed by atoms with van der Waals surface area (Å²) >= 11 is 0. The molecule has 1 aliphatic carbocycles. The normalized spacial score (nSPS) is 21.6. The molecule has 0 spiro atoms. The van der Waals surface area contributed by atoms with Gasteiger partial charge >= 0.3 is 6.18 Å². The van der Waals surface area contributed by atoms with E-state index < -0.39 is 12.6 Å². The lowest BCUT2D eigenvalue weighted by molar-refractivity contribution is -0.137. The van der Waals surface area contributed by atoms with Crippen molar-refractivity contribution in [1.29, 1.82) is 0 Å². The van der Waals surface area contributed by atoms with Crippen LogP contribution >= 0.6 is 0 Å². The summed E-state index contributed by atoms with van der Waals surface area (Å²) in [5.41, 5.74) is -0.205. The molecule has 1 rings (SSSR count). The molecule has 1 fully saturated rings. The molecule has 0 aliphatic heterocycles. The molecule has 15 heavy (non-hydrogen) atoms. The fraction of sp³-hybridized carbons (Fsp3) is 1.00. The highest BCUT2D eigenvalue weighted by Gasteiger charge is 2.33. The lowest BCUT2D eigenvalue weighted by Gasteiger charge is -2.35. The zero-order valence-corrected chi connectivity index (χ0v) is 8.95. The number of aliphatic hydroxyl groups excluding tert-OH is 1. The summed E-state index contributed by atoms with van der Waals surface area (Å²) in [6, 6.07) is 0. The van der Waals surface area contributed by atoms with E-state index in [1.807, 2.05) is 0 Å². The van der Waals surface area contributed by atoms with Gasteiger partial charge in [0.05, 0.1) is 0 Å². The highest BCUT2D eigenvalue weighted by molar-refractivity contribution is 4.82. The summed E-state index contributed by atoms with van der Waals surface area (Å²) in [5, 5.41) is 9.29. The number of hydrogen-bond donors (Lipinski definition) is 1. The third kappa shape index (κ3) is 4.41. The van der Waals surface area contributed by atoms with E-state index in [4.69, 9.17) is 0 Å². The largest absolute Gasteiger partial charge is 0.396 e. The predicted octanol–water partition coefficient (Wildman–Crippen LogP) is 3.66. The van der Waals surface area contributed by atoms with E-state index >= 15 is 0 Å². The first kappa shape index (κ1) is 12.8. The first-order valence-electron chi connectivity index (χ1n) is 5.65. The molecule has 1 aliphatic rings. The van der Waals surface area contributed by atoms with E-state index in [1.54, 1.807) is 0 Å². The van der Waals surface area contributed by atoms with Crippen LogP contribution in [0.1, 0.15) is 51.4 Å². The van der Waals surface area contributed by atoms with Gasteiger partial charge in [0.15, 0.2) is 0 Å². The van der Waals surface area contributed by atoms with Crippen molar-refractivity contribution in [2.24, 2.45) is 5.41 Å². The van der Waals surface area contributed by atoms with Crippen molar-refractivity contribution in [3.63, 3.8) is 0 Å². The molecule has 0 saturated heterocycles. The van der Waals surface area contributed by atoms with Crippen LogP contribution < -0.4 is 0 Å². The molecule has 0 heterocycles. The van der Waals surface area contributed by atoms with Crippen molar-refractivity contribution in [3.8, 4) is 0 Å². The Bertz CT molecular complexity index is 183. The molecule has 0 unspecified atom stereocenters. The molecule has 1 N–H and O–H groups in total. The van der Waals surface area contributed by atoms with Gasteiger partial charge < -0.3 is 5.11 Å². The van der Waals surface area contributed by atoms with Crippen LogP contribution in [0.4, 0.5) is 13.2 Å². The molecule has 0 aromatic carbocycles. The predicted molar refractivity (Wildman–Crippen MR) is 52.5 cm³/mol. The first-order chi connectivity index (χ1) is 6.97. The van der Waals surface area contributed by atoms with Crippen molar-refractivity contribution in [1.82, 2.24) is 0 Å². The molecule has 90 valence electrons. The standard InChI is InChI=1S/C11H19F3O/c12-11(13,14)8-4-7-10(9-15)5-2-1-3-6-10/h15H,1-9H2. The Morgan fingerprint density at radius 2 is 1.67 bits per heavy atom. The molecular formula is C11H19F3O. The third-order valence-electron chi connectivity index (χ3n) is 3.42. The number of alkyl halides is 3. The fourth-order valence-electron chi connectivity index (χ4n) is 2.45. The molecule has 0 aromatic heterocycles. The van der Waals surface area contributed by atoms with E-state index in [2.05, 4.69) is 0 Å². The van der Waals surface area contributed by atoms with Gasteiger partial charge in [-0.15, -0.1) is 0 Å². The van der Waals surface area contributed by atoms with Crippen LogP contribution in [0.5, 0.6) is 0 Å². The van der Waals surface area contributed by atoms with Crippen LogP contribution in [-0.4, -0.2) is 17.9 Å². The Balaban J connectivity index is 2.33. The summed E-state index contributed by atoms with van der Waals surface area (Å²) in [6.07, 6.45) is 0.940. The quantitative estimate of drug-likeness (QED) is 0.772. The van der Waals surface area contributed by atoms with Gasteiger partial charge in [-0.25, -0.2) is 0 Å². The van der Waals surface area contributed by atoms with E-state index in [9.17, 15) is 18.3 Å². The Morgan fingerprint density at radius 3 is 2.13 bits per heavy atom. The van der Waals surface area contributed by atoms with Crippen LogP contribution in [0, 0.1) is 5.41 Å². The van der Waals surface area contributed by atoms with Gasteiger partial charge in [-0.05, 0) is 31.1 Å². The van der Waals surface area contributed by atoms with E-state index in [-0.39, 0.29) is 18.4 Å². The second-order valence-electron chi connectivity index (χ2n) is 4.69. The number of rotatable bonds is 4. The molecular weight excluding hydrogens is 205 g/mol. The highest BCUT2D eigenvalue weighted by Crippen LogP contribution is 2.40. The molecule has 0 bridgehead atoms. The van der Waals surface area contributed by atoms with E-state index in [0.29, 0.717) is 6.42 Å². The summed E-state index contributed by atoms with van der Waals surface area (Å²) in [6.45, 7) is 0.0465. The molecule has 1 saturated carbocycles. The molecule has 0 atom stereocenters. The second-order valence-corrected chi connectivity index (χ2v) is 4.69. The van der Waals surface area contributed by atoms with Gasteiger partial charge in [0.25, 0.3) is 0 Å². The van der Waals surface area contributed by atoms with Gasteiger partial charge in [-0.2, -0.15) is 13.2 Å². The van der Waals surface area contributed by atoms with Gasteiger partial charge in [-0.1, -0.05) is 19.3 Å². The van der Waals surface area contributed by atoms with Crippen LogP contribution in [0.25, 0.3) is 0 Å². The van der Waals surface area contributed by atoms with Gasteiger partial charge in [0.2, 0.25) is 0 Å². The second kappa shape index (κ2) is 5.19. The summed E-state index contributed by atoms with van der Waals surface area (Å²) in [7, 11) is 0. The highest BCUT2D eigenvalue weighted by atomic mass is 19.4. The Hall–Kier alpha value is -0.250. The Morgan fingerprint density at radius 1 is 1.07 bits per heavy atom. The minimum atomic E-state index is -4.05. The van der Waals surface area contributed by atoms with Gasteiger partial charge in [-0.3, -0.25) is 0 Å². The monoisotopic (exact) mass is 224 g/mol. The lowest BCUT2D eigenvalue weighted by atomic mass is 9.71. The lowest BCUT2D eigenvalue weighted by Crippen LogP contribution is -2.28. The molecule has 0 amide bonds. The van der Waals surface area contributed by atoms with E-state index in [0.717, 1.165) is 32.1 Å². The minimum absolute atomic E-state index is 0.0465. The number of hydrogen-bond acceptors (Lipinski definition) is 1. The van der Waals surface area contributed by atoms with Crippen LogP contribution in [0.2, 0.25) is 0 Å². The molecule has 0 radical (unpaired) electrons. The van der Waals surface area contributed by atoms with Crippen LogP contribution in [0.15, 0.2) is 0 Å². The number of aliphatic hydroxyl groups is 1. The molecule has 0 aromatic rings. The van der Waals surface area contributed by atoms with Crippen molar-refractivity contribution in [2.45, 2.75) is 57.5 Å². The average molecular weight is 224 g/mol. The van der Waals surface area contributed by atoms with Crippen molar-refractivity contribution < 1.29 is 18.3 Å². The summed E-state index contributed by atoms with van der Waals surface area (Å²) < 4.78 is 35.9. The Kier molecular flexibility index (Phi) is 4.44. The smallest absolute Gasteiger partial charge is 0.389 e. The zero-order valence-electron chi connectivity index (χ0n) is 8.95. The average Bonchev–Trinajstić information content (AvgIpc) is 2.17. The van der Waals surface area contributed by atoms with Crippen molar-refractivity contribution in [3.05, 3.63) is 0 Å². The Labute approximate surface area is 88.7 Å². The summed E-state index contributed by atoms with van der Waals surface area (Å²) in [5.74, 6) is 0. The maximum atomic E-state index is 12.0. The van der Waals surface area contributed by atoms with Gasteiger partial charge in [0, 0.05) is 13.0 Å². The van der Waals surface area contributed by atoms with Crippen LogP contribution in [0.3, 0.4) is 0 Å². The SMILES string of the molecule is OCC1(CCCC(F)(F)F)CCCCC1. The van der Waals surface area contributed by atoms with Gasteiger partial charge in [0.1, 0.15) is 0 Å². The topological polar surface area (TPSA) is 20.2 Å². The summed E-state index contributed by atoms with van der Waals surface area (Å²) in [4.78, 5) is 0. The van der Waals surface area contributed by atoms with Crippen molar-refractivity contribution >= 4 is 0 Å². The van der Waals surface area contributed by atoms with Crippen molar-refractivity contribution in [2.75, 3.05) is 6.61 Å². The third-order valence-corrected chi connectivity index (χ3v) is 3.42. The maximum absolute atomic E-state index is 12.0. The zero-order chi connectivity index (χ0) is 11.4. The molecule has 4 heteroatoms. The minimum Gasteiger partial charge on any atom is -0.396 e. The molecule has 1 nitrogen and oxygen atoms in total. The first-order valence-corrected chi connectivity index (χ1v) is 5.65. The van der Waals surface area contributed by atoms with Crippen LogP contribution in [-0.2, 0) is 0 Å². The fourth-order valence-corrected chi connectivity index (χ4v) is 2.45. The number of halogens is 3.